The van der Waals surface area contributed by atoms with Gasteiger partial charge in [-0.1, -0.05) is 30.5 Å². The number of hydrogen-bond donors (Lipinski definition) is 1. The maximum Gasteiger partial charge on any atom is 0.260 e. The molecule has 0 bridgehead atoms. The third-order valence-electron chi connectivity index (χ3n) is 6.05. The van der Waals surface area contributed by atoms with Gasteiger partial charge in [0, 0.05) is 25.0 Å². The van der Waals surface area contributed by atoms with Gasteiger partial charge >= 0.3 is 0 Å². The number of likely N-dealkylation sites (tertiary alicyclic amines) is 1. The van der Waals surface area contributed by atoms with Gasteiger partial charge in [-0.2, -0.15) is 0 Å². The van der Waals surface area contributed by atoms with Crippen molar-refractivity contribution in [2.75, 3.05) is 31.1 Å². The summed E-state index contributed by atoms with van der Waals surface area (Å²) in [6, 6.07) is 11.0. The normalized spacial score (nSPS) is 19.4. The molecule has 1 aromatic heterocycles. The molecule has 0 aliphatic carbocycles. The molecule has 1 aromatic carbocycles. The lowest BCUT2D eigenvalue weighted by Gasteiger charge is -2.25. The van der Waals surface area contributed by atoms with Gasteiger partial charge in [0.2, 0.25) is 5.91 Å². The fourth-order valence-electron chi connectivity index (χ4n) is 4.41. The number of nitrogens with one attached hydrogen (secondary N) is 1. The standard InChI is InChI=1S/C24H30N4O2/c1-18-8-10-19(11-9-18)28-21(23-20(24(28)30)7-6-12-26-23)17-22(29)25-13-16-27-14-4-2-3-5-15-27/h6-12,21H,2-5,13-17H2,1H3,(H,25,29)/t21-/m0/s1. The van der Waals surface area contributed by atoms with Gasteiger partial charge in [0.15, 0.2) is 0 Å². The third kappa shape index (κ3) is 4.54. The van der Waals surface area contributed by atoms with Crippen LogP contribution in [0.25, 0.3) is 0 Å². The predicted molar refractivity (Wildman–Crippen MR) is 118 cm³/mol. The van der Waals surface area contributed by atoms with Crippen LogP contribution in [0.15, 0.2) is 42.6 Å². The zero-order chi connectivity index (χ0) is 20.9. The molecule has 6 nitrogen and oxygen atoms in total. The first-order valence-electron chi connectivity index (χ1n) is 11.0. The van der Waals surface area contributed by atoms with Gasteiger partial charge in [0.05, 0.1) is 23.7 Å². The Balaban J connectivity index is 1.43. The highest BCUT2D eigenvalue weighted by Gasteiger charge is 2.39. The maximum absolute atomic E-state index is 13.1. The topological polar surface area (TPSA) is 65.5 Å². The van der Waals surface area contributed by atoms with Crippen LogP contribution in [0.4, 0.5) is 5.69 Å². The lowest BCUT2D eigenvalue weighted by atomic mass is 10.1. The van der Waals surface area contributed by atoms with Crippen molar-refractivity contribution in [2.45, 2.75) is 45.1 Å². The second-order valence-corrected chi connectivity index (χ2v) is 8.27. The molecule has 0 radical (unpaired) electrons. The van der Waals surface area contributed by atoms with E-state index >= 15 is 0 Å². The fourth-order valence-corrected chi connectivity index (χ4v) is 4.41. The van der Waals surface area contributed by atoms with Crippen LogP contribution in [-0.2, 0) is 4.79 Å². The smallest absolute Gasteiger partial charge is 0.260 e. The fraction of sp³-hybridized carbons (Fsp3) is 0.458. The molecule has 1 N–H and O–H groups in total. The Morgan fingerprint density at radius 3 is 2.57 bits per heavy atom. The van der Waals surface area contributed by atoms with Gasteiger partial charge in [-0.05, 0) is 57.1 Å². The van der Waals surface area contributed by atoms with Crippen LogP contribution in [0, 0.1) is 6.92 Å². The van der Waals surface area contributed by atoms with Gasteiger partial charge in [0.1, 0.15) is 0 Å². The number of benzene rings is 1. The highest BCUT2D eigenvalue weighted by Crippen LogP contribution is 2.38. The summed E-state index contributed by atoms with van der Waals surface area (Å²) in [5, 5.41) is 3.06. The number of aromatic nitrogens is 1. The second-order valence-electron chi connectivity index (χ2n) is 8.27. The zero-order valence-electron chi connectivity index (χ0n) is 17.6. The largest absolute Gasteiger partial charge is 0.355 e. The van der Waals surface area contributed by atoms with E-state index in [-0.39, 0.29) is 24.3 Å². The Labute approximate surface area is 178 Å². The molecule has 1 atom stereocenters. The number of nitrogens with zero attached hydrogens (tertiary/aromatic N) is 3. The molecular weight excluding hydrogens is 376 g/mol. The van der Waals surface area contributed by atoms with Crippen LogP contribution in [-0.4, -0.2) is 47.9 Å². The molecule has 0 spiro atoms. The Morgan fingerprint density at radius 1 is 1.10 bits per heavy atom. The Bertz CT molecular complexity index is 888. The van der Waals surface area contributed by atoms with Crippen LogP contribution in [0.5, 0.6) is 0 Å². The minimum Gasteiger partial charge on any atom is -0.355 e. The molecule has 0 saturated carbocycles. The number of hydrogen-bond acceptors (Lipinski definition) is 4. The summed E-state index contributed by atoms with van der Waals surface area (Å²) in [7, 11) is 0. The number of carbonyl (C=O) groups excluding carboxylic acids is 2. The van der Waals surface area contributed by atoms with Crippen molar-refractivity contribution in [1.82, 2.24) is 15.2 Å². The molecule has 6 heteroatoms. The molecule has 2 aliphatic rings. The monoisotopic (exact) mass is 406 g/mol. The zero-order valence-corrected chi connectivity index (χ0v) is 17.6. The van der Waals surface area contributed by atoms with Gasteiger partial charge in [-0.15, -0.1) is 0 Å². The predicted octanol–water partition coefficient (Wildman–Crippen LogP) is 3.47. The summed E-state index contributed by atoms with van der Waals surface area (Å²) in [6.07, 6.45) is 7.00. The summed E-state index contributed by atoms with van der Waals surface area (Å²) >= 11 is 0. The summed E-state index contributed by atoms with van der Waals surface area (Å²) in [6.45, 7) is 5.77. The van der Waals surface area contributed by atoms with Crippen molar-refractivity contribution in [2.24, 2.45) is 0 Å². The number of fused-ring (bicyclic) bond motifs is 1. The number of aryl methyl sites for hydroxylation is 1. The van der Waals surface area contributed by atoms with Crippen LogP contribution >= 0.6 is 0 Å². The SMILES string of the molecule is Cc1ccc(N2C(=O)c3cccnc3[C@@H]2CC(=O)NCCN2CCCCCC2)cc1. The van der Waals surface area contributed by atoms with E-state index in [0.717, 1.165) is 30.9 Å². The molecule has 1 fully saturated rings. The first kappa shape index (κ1) is 20.5. The molecule has 158 valence electrons. The van der Waals surface area contributed by atoms with Crippen LogP contribution in [0.1, 0.15) is 59.8 Å². The summed E-state index contributed by atoms with van der Waals surface area (Å²) < 4.78 is 0. The van der Waals surface area contributed by atoms with E-state index < -0.39 is 0 Å². The van der Waals surface area contributed by atoms with E-state index in [2.05, 4.69) is 15.2 Å². The quantitative estimate of drug-likeness (QED) is 0.798. The van der Waals surface area contributed by atoms with Crippen LogP contribution in [0.2, 0.25) is 0 Å². The number of rotatable bonds is 6. The molecule has 1 saturated heterocycles. The van der Waals surface area contributed by atoms with Gasteiger partial charge in [0.25, 0.3) is 5.91 Å². The van der Waals surface area contributed by atoms with E-state index in [9.17, 15) is 9.59 Å². The van der Waals surface area contributed by atoms with E-state index in [1.54, 1.807) is 23.2 Å². The van der Waals surface area contributed by atoms with Gasteiger partial charge in [-0.25, -0.2) is 0 Å². The van der Waals surface area contributed by atoms with Crippen molar-refractivity contribution in [1.29, 1.82) is 0 Å². The summed E-state index contributed by atoms with van der Waals surface area (Å²) in [5.74, 6) is -0.137. The minimum atomic E-state index is -0.380. The average Bonchev–Trinajstić information content (AvgIpc) is 2.91. The molecule has 2 aliphatic heterocycles. The van der Waals surface area contributed by atoms with Crippen molar-refractivity contribution in [3.63, 3.8) is 0 Å². The molecule has 3 heterocycles. The Hall–Kier alpha value is -2.73. The minimum absolute atomic E-state index is 0.0433. The molecule has 4 rings (SSSR count). The number of amides is 2. The Kier molecular flexibility index (Phi) is 6.43. The molecule has 2 aromatic rings. The summed E-state index contributed by atoms with van der Waals surface area (Å²) in [4.78, 5) is 34.4. The van der Waals surface area contributed by atoms with Crippen molar-refractivity contribution in [3.05, 3.63) is 59.4 Å². The first-order valence-corrected chi connectivity index (χ1v) is 11.0. The highest BCUT2D eigenvalue weighted by molar-refractivity contribution is 6.11. The lowest BCUT2D eigenvalue weighted by Crippen LogP contribution is -2.37. The van der Waals surface area contributed by atoms with Crippen molar-refractivity contribution in [3.8, 4) is 0 Å². The van der Waals surface area contributed by atoms with Crippen LogP contribution < -0.4 is 10.2 Å². The number of carbonyl (C=O) groups is 2. The second kappa shape index (κ2) is 9.39. The number of pyridine rings is 1. The lowest BCUT2D eigenvalue weighted by molar-refractivity contribution is -0.121. The summed E-state index contributed by atoms with van der Waals surface area (Å²) in [5.41, 5.74) is 3.20. The Morgan fingerprint density at radius 2 is 1.83 bits per heavy atom. The molecule has 30 heavy (non-hydrogen) atoms. The molecule has 0 unspecified atom stereocenters. The average molecular weight is 407 g/mol. The molecule has 2 amide bonds. The van der Waals surface area contributed by atoms with Crippen LogP contribution in [0.3, 0.4) is 0 Å². The maximum atomic E-state index is 13.1. The van der Waals surface area contributed by atoms with E-state index in [4.69, 9.17) is 0 Å². The van der Waals surface area contributed by atoms with Gasteiger partial charge < -0.3 is 10.2 Å². The van der Waals surface area contributed by atoms with E-state index in [1.807, 2.05) is 31.2 Å². The first-order chi connectivity index (χ1) is 14.6. The molecular formula is C24H30N4O2. The van der Waals surface area contributed by atoms with E-state index in [0.29, 0.717) is 17.8 Å². The van der Waals surface area contributed by atoms with E-state index in [1.165, 1.54) is 25.7 Å². The van der Waals surface area contributed by atoms with Crippen molar-refractivity contribution >= 4 is 17.5 Å². The highest BCUT2D eigenvalue weighted by atomic mass is 16.2. The van der Waals surface area contributed by atoms with Gasteiger partial charge in [-0.3, -0.25) is 19.5 Å². The number of anilines is 1. The third-order valence-corrected chi connectivity index (χ3v) is 6.05. The van der Waals surface area contributed by atoms with Crippen molar-refractivity contribution < 1.29 is 9.59 Å².